The Morgan fingerprint density at radius 1 is 1.12 bits per heavy atom. The minimum Gasteiger partial charge on any atom is -0.455 e. The second kappa shape index (κ2) is 10.0. The molecule has 170 valence electrons. The topological polar surface area (TPSA) is 69.9 Å². The van der Waals surface area contributed by atoms with E-state index < -0.39 is 0 Å². The molecule has 1 aromatic heterocycles. The van der Waals surface area contributed by atoms with Crippen LogP contribution in [0.1, 0.15) is 52.8 Å². The van der Waals surface area contributed by atoms with E-state index >= 15 is 0 Å². The number of carbonyl (C=O) groups excluding carboxylic acids is 1. The summed E-state index contributed by atoms with van der Waals surface area (Å²) in [7, 11) is 0. The first-order chi connectivity index (χ1) is 16.0. The van der Waals surface area contributed by atoms with Crippen molar-refractivity contribution in [3.05, 3.63) is 82.8 Å². The van der Waals surface area contributed by atoms with Crippen molar-refractivity contribution < 1.29 is 9.21 Å². The van der Waals surface area contributed by atoms with E-state index in [0.29, 0.717) is 17.4 Å². The van der Waals surface area contributed by atoms with Gasteiger partial charge in [-0.2, -0.15) is 5.10 Å². The van der Waals surface area contributed by atoms with E-state index in [4.69, 9.17) is 16.6 Å². The maximum Gasteiger partial charge on any atom is 0.294 e. The molecule has 6 nitrogen and oxygen atoms in total. The van der Waals surface area contributed by atoms with Crippen LogP contribution in [0.2, 0.25) is 0 Å². The molecule has 3 aromatic rings. The smallest absolute Gasteiger partial charge is 0.294 e. The number of aryl methyl sites for hydroxylation is 2. The van der Waals surface area contributed by atoms with Crippen LogP contribution in [0.4, 0.5) is 11.4 Å². The fraction of sp³-hybridized carbons (Fsp3) is 0.269. The Morgan fingerprint density at radius 3 is 2.64 bits per heavy atom. The average molecular weight is 461 g/mol. The predicted molar refractivity (Wildman–Crippen MR) is 137 cm³/mol. The first-order valence-corrected chi connectivity index (χ1v) is 11.6. The monoisotopic (exact) mass is 460 g/mol. The zero-order valence-corrected chi connectivity index (χ0v) is 20.0. The molecule has 2 aromatic carbocycles. The van der Waals surface area contributed by atoms with Gasteiger partial charge >= 0.3 is 0 Å². The van der Waals surface area contributed by atoms with E-state index in [9.17, 15) is 4.79 Å². The molecule has 0 radical (unpaired) electrons. The van der Waals surface area contributed by atoms with Crippen molar-refractivity contribution in [1.29, 1.82) is 0 Å². The molecule has 0 fully saturated rings. The van der Waals surface area contributed by atoms with Gasteiger partial charge in [-0.15, -0.1) is 0 Å². The first-order valence-electron chi connectivity index (χ1n) is 11.2. The lowest BCUT2D eigenvalue weighted by molar-refractivity contribution is 0.0959. The molecule has 2 N–H and O–H groups in total. The van der Waals surface area contributed by atoms with E-state index in [-0.39, 0.29) is 5.91 Å². The van der Waals surface area contributed by atoms with Gasteiger partial charge in [-0.3, -0.25) is 10.2 Å². The number of furan rings is 1. The maximum atomic E-state index is 13.4. The van der Waals surface area contributed by atoms with Crippen molar-refractivity contribution >= 4 is 40.3 Å². The number of para-hydroxylation sites is 1. The Hall–Kier alpha value is -3.45. The molecule has 7 heteroatoms. The van der Waals surface area contributed by atoms with Gasteiger partial charge in [0.25, 0.3) is 5.91 Å². The lowest BCUT2D eigenvalue weighted by Crippen LogP contribution is -2.31. The van der Waals surface area contributed by atoms with Crippen LogP contribution in [0.3, 0.4) is 0 Å². The van der Waals surface area contributed by atoms with Gasteiger partial charge in [0.1, 0.15) is 5.76 Å². The fourth-order valence-corrected chi connectivity index (χ4v) is 4.31. The number of rotatable bonds is 5. The summed E-state index contributed by atoms with van der Waals surface area (Å²) in [5.41, 5.74) is 8.40. The van der Waals surface area contributed by atoms with Crippen molar-refractivity contribution in [2.24, 2.45) is 5.10 Å². The quantitative estimate of drug-likeness (QED) is 0.384. The van der Waals surface area contributed by atoms with E-state index in [0.717, 1.165) is 58.8 Å². The van der Waals surface area contributed by atoms with Crippen molar-refractivity contribution in [2.75, 3.05) is 16.8 Å². The summed E-state index contributed by atoms with van der Waals surface area (Å²) in [6.07, 6.45) is 2.48. The van der Waals surface area contributed by atoms with Crippen molar-refractivity contribution in [3.63, 3.8) is 0 Å². The van der Waals surface area contributed by atoms with Crippen molar-refractivity contribution in [3.8, 4) is 0 Å². The lowest BCUT2D eigenvalue weighted by Gasteiger charge is -2.20. The molecule has 1 aliphatic carbocycles. The Labute approximate surface area is 199 Å². The molecule has 0 saturated carbocycles. The molecule has 1 heterocycles. The maximum absolute atomic E-state index is 13.4. The molecule has 0 aliphatic heterocycles. The molecule has 0 bridgehead atoms. The third-order valence-corrected chi connectivity index (χ3v) is 5.91. The lowest BCUT2D eigenvalue weighted by atomic mass is 9.93. The number of hydrazone groups is 1. The number of fused-ring (bicyclic) bond motifs is 1. The highest BCUT2D eigenvalue weighted by atomic mass is 32.1. The van der Waals surface area contributed by atoms with Gasteiger partial charge in [0.2, 0.25) is 0 Å². The van der Waals surface area contributed by atoms with Gasteiger partial charge in [-0.25, -0.2) is 0 Å². The standard InChI is InChI=1S/C26H28N4O2S/c1-4-30(20-13-8-10-17(2)16-20)25(31)24-18(3)23-21(14-9-15-22(23)32-24)28-29-26(33)27-19-11-6-5-7-12-19/h5-8,10-13,16H,4,9,14-15H2,1-3H3,(H2,27,29,33)/b28-21+. The number of nitrogens with one attached hydrogen (secondary N) is 2. The van der Waals surface area contributed by atoms with Crippen LogP contribution in [0.5, 0.6) is 0 Å². The van der Waals surface area contributed by atoms with Gasteiger partial charge in [-0.1, -0.05) is 30.3 Å². The number of carbonyl (C=O) groups is 1. The number of amides is 1. The summed E-state index contributed by atoms with van der Waals surface area (Å²) < 4.78 is 6.12. The van der Waals surface area contributed by atoms with Crippen LogP contribution >= 0.6 is 12.2 Å². The molecule has 0 saturated heterocycles. The third-order valence-electron chi connectivity index (χ3n) is 5.72. The van der Waals surface area contributed by atoms with Crippen LogP contribution in [0.25, 0.3) is 0 Å². The van der Waals surface area contributed by atoms with Gasteiger partial charge in [0.05, 0.1) is 5.71 Å². The molecule has 1 amide bonds. The van der Waals surface area contributed by atoms with Crippen molar-refractivity contribution in [2.45, 2.75) is 40.0 Å². The zero-order valence-electron chi connectivity index (χ0n) is 19.1. The molecule has 1 aliphatic rings. The minimum atomic E-state index is -0.136. The summed E-state index contributed by atoms with van der Waals surface area (Å²) in [4.78, 5) is 15.2. The number of anilines is 2. The highest BCUT2D eigenvalue weighted by molar-refractivity contribution is 7.80. The molecule has 33 heavy (non-hydrogen) atoms. The zero-order chi connectivity index (χ0) is 23.4. The van der Waals surface area contributed by atoms with Gasteiger partial charge in [-0.05, 0) is 75.7 Å². The Bertz CT molecular complexity index is 1200. The van der Waals surface area contributed by atoms with E-state index in [1.165, 1.54) is 0 Å². The summed E-state index contributed by atoms with van der Waals surface area (Å²) >= 11 is 5.38. The van der Waals surface area contributed by atoms with Crippen LogP contribution in [-0.4, -0.2) is 23.3 Å². The molecular weight excluding hydrogens is 432 g/mol. The van der Waals surface area contributed by atoms with Crippen LogP contribution in [-0.2, 0) is 6.42 Å². The molecule has 0 unspecified atom stereocenters. The summed E-state index contributed by atoms with van der Waals surface area (Å²) in [5.74, 6) is 1.05. The largest absolute Gasteiger partial charge is 0.455 e. The van der Waals surface area contributed by atoms with Crippen LogP contribution < -0.4 is 15.6 Å². The Balaban J connectivity index is 1.57. The van der Waals surface area contributed by atoms with Crippen LogP contribution in [0, 0.1) is 13.8 Å². The summed E-state index contributed by atoms with van der Waals surface area (Å²) in [6, 6.07) is 17.6. The predicted octanol–water partition coefficient (Wildman–Crippen LogP) is 5.59. The molecule has 4 rings (SSSR count). The van der Waals surface area contributed by atoms with Crippen LogP contribution in [0.15, 0.2) is 64.1 Å². The number of thiocarbonyl (C=S) groups is 1. The number of nitrogens with zero attached hydrogens (tertiary/aromatic N) is 2. The number of benzene rings is 2. The Kier molecular flexibility index (Phi) is 6.89. The second-order valence-electron chi connectivity index (χ2n) is 8.09. The van der Waals surface area contributed by atoms with E-state index in [2.05, 4.69) is 15.8 Å². The van der Waals surface area contributed by atoms with Gasteiger partial charge < -0.3 is 14.6 Å². The van der Waals surface area contributed by atoms with Gasteiger partial charge in [0.15, 0.2) is 10.9 Å². The summed E-state index contributed by atoms with van der Waals surface area (Å²) in [5, 5.41) is 8.10. The van der Waals surface area contributed by atoms with E-state index in [1.54, 1.807) is 4.90 Å². The van der Waals surface area contributed by atoms with E-state index in [1.807, 2.05) is 75.4 Å². The normalized spacial score (nSPS) is 14.0. The van der Waals surface area contributed by atoms with Crippen molar-refractivity contribution in [1.82, 2.24) is 5.43 Å². The minimum absolute atomic E-state index is 0.136. The number of hydrogen-bond donors (Lipinski definition) is 2. The molecule has 0 atom stereocenters. The SMILES string of the molecule is CCN(C(=O)c1oc2c(c1C)/C(=N/NC(=S)Nc1ccccc1)CCC2)c1cccc(C)c1. The molecule has 0 spiro atoms. The summed E-state index contributed by atoms with van der Waals surface area (Å²) in [6.45, 7) is 6.47. The number of hydrogen-bond acceptors (Lipinski definition) is 4. The Morgan fingerprint density at radius 2 is 1.91 bits per heavy atom. The first kappa shape index (κ1) is 22.7. The van der Waals surface area contributed by atoms with Gasteiger partial charge in [0, 0.05) is 35.5 Å². The molecular formula is C26H28N4O2S. The highest BCUT2D eigenvalue weighted by Gasteiger charge is 2.30. The fourth-order valence-electron chi connectivity index (χ4n) is 4.14. The average Bonchev–Trinajstić information content (AvgIpc) is 3.16. The third kappa shape index (κ3) is 4.98. The second-order valence-corrected chi connectivity index (χ2v) is 8.50. The highest BCUT2D eigenvalue weighted by Crippen LogP contribution is 2.31.